The van der Waals surface area contributed by atoms with Crippen molar-refractivity contribution in [2.24, 2.45) is 0 Å². The van der Waals surface area contributed by atoms with Gasteiger partial charge in [0.1, 0.15) is 5.75 Å². The molecule has 0 spiro atoms. The summed E-state index contributed by atoms with van der Waals surface area (Å²) in [7, 11) is -0.0865. The van der Waals surface area contributed by atoms with Gasteiger partial charge in [-0.05, 0) is 42.3 Å². The van der Waals surface area contributed by atoms with Crippen LogP contribution in [0.15, 0.2) is 78.3 Å². The second kappa shape index (κ2) is 7.41. The number of rotatable bonds is 5. The van der Waals surface area contributed by atoms with Crippen molar-refractivity contribution in [2.45, 2.75) is 26.1 Å². The average Bonchev–Trinajstić information content (AvgIpc) is 3.32. The highest BCUT2D eigenvalue weighted by molar-refractivity contribution is 6.84. The first kappa shape index (κ1) is 19.3. The largest absolute Gasteiger partial charge is 0.497 e. The number of carbonyl (C=O) groups is 1. The molecule has 0 saturated carbocycles. The van der Waals surface area contributed by atoms with E-state index in [-0.39, 0.29) is 5.91 Å². The molecular formula is C24H26N2O2Si. The highest BCUT2D eigenvalue weighted by Crippen LogP contribution is 2.38. The smallest absolute Gasteiger partial charge is 0.278 e. The van der Waals surface area contributed by atoms with Crippen molar-refractivity contribution < 1.29 is 9.53 Å². The van der Waals surface area contributed by atoms with Gasteiger partial charge in [0.25, 0.3) is 5.91 Å². The molecule has 1 aromatic heterocycles. The van der Waals surface area contributed by atoms with E-state index in [2.05, 4.69) is 37.8 Å². The quantitative estimate of drug-likeness (QED) is 0.555. The number of ether oxygens (including phenoxy) is 1. The summed E-state index contributed by atoms with van der Waals surface area (Å²) < 4.78 is 7.20. The number of carbonyl (C=O) groups excluding carboxylic acids is 1. The van der Waals surface area contributed by atoms with Crippen LogP contribution in [0.25, 0.3) is 5.70 Å². The molecular weight excluding hydrogens is 376 g/mol. The highest BCUT2D eigenvalue weighted by Gasteiger charge is 2.38. The van der Waals surface area contributed by atoms with Gasteiger partial charge in [0.05, 0.1) is 26.4 Å². The Balaban J connectivity index is 1.92. The van der Waals surface area contributed by atoms with Gasteiger partial charge in [-0.25, -0.2) is 5.01 Å². The number of fused-ring (bicyclic) bond motifs is 1. The molecule has 0 radical (unpaired) electrons. The van der Waals surface area contributed by atoms with Crippen LogP contribution >= 0.6 is 0 Å². The number of allylic oxidation sites excluding steroid dienone is 1. The number of benzene rings is 2. The SMILES string of the molecule is COc1ccc(C/C(=C2/c3ccccc3C(=O)N2n2cccc2)[Si](C)(C)C)cc1. The van der Waals surface area contributed by atoms with Crippen LogP contribution in [0.2, 0.25) is 19.6 Å². The number of hydrogen-bond donors (Lipinski definition) is 0. The maximum atomic E-state index is 13.3. The van der Waals surface area contributed by atoms with Gasteiger partial charge in [0.15, 0.2) is 0 Å². The zero-order valence-corrected chi connectivity index (χ0v) is 18.3. The topological polar surface area (TPSA) is 34.5 Å². The molecule has 0 atom stereocenters. The van der Waals surface area contributed by atoms with Crippen molar-refractivity contribution in [3.05, 3.63) is 94.9 Å². The van der Waals surface area contributed by atoms with Crippen LogP contribution in [0.3, 0.4) is 0 Å². The summed E-state index contributed by atoms with van der Waals surface area (Å²) in [5, 5.41) is 3.19. The maximum Gasteiger partial charge on any atom is 0.278 e. The summed E-state index contributed by atoms with van der Waals surface area (Å²) in [6, 6.07) is 20.1. The Hall–Kier alpha value is -3.05. The summed E-state index contributed by atoms with van der Waals surface area (Å²) in [6.45, 7) is 7.04. The predicted octanol–water partition coefficient (Wildman–Crippen LogP) is 5.12. The van der Waals surface area contributed by atoms with E-state index >= 15 is 0 Å². The molecule has 0 unspecified atom stereocenters. The average molecular weight is 403 g/mol. The molecule has 148 valence electrons. The van der Waals surface area contributed by atoms with Crippen LogP contribution in [-0.2, 0) is 6.42 Å². The summed E-state index contributed by atoms with van der Waals surface area (Å²) in [5.41, 5.74) is 4.05. The first-order chi connectivity index (χ1) is 13.9. The summed E-state index contributed by atoms with van der Waals surface area (Å²) in [4.78, 5) is 13.3. The van der Waals surface area contributed by atoms with Gasteiger partial charge in [-0.3, -0.25) is 9.47 Å². The monoisotopic (exact) mass is 402 g/mol. The molecule has 1 aliphatic rings. The number of amides is 1. The van der Waals surface area contributed by atoms with Gasteiger partial charge in [0, 0.05) is 18.0 Å². The minimum Gasteiger partial charge on any atom is -0.497 e. The third-order valence-corrected chi connectivity index (χ3v) is 7.59. The zero-order chi connectivity index (χ0) is 20.6. The summed E-state index contributed by atoms with van der Waals surface area (Å²) in [6.07, 6.45) is 4.67. The fraction of sp³-hybridized carbons (Fsp3) is 0.208. The third-order valence-electron chi connectivity index (χ3n) is 5.37. The Kier molecular flexibility index (Phi) is 4.92. The number of nitrogens with zero attached hydrogens (tertiary/aromatic N) is 2. The Morgan fingerprint density at radius 2 is 1.52 bits per heavy atom. The van der Waals surface area contributed by atoms with E-state index in [1.807, 2.05) is 64.5 Å². The first-order valence-electron chi connectivity index (χ1n) is 9.84. The number of methoxy groups -OCH3 is 1. The Morgan fingerprint density at radius 1 is 0.897 bits per heavy atom. The fourth-order valence-corrected chi connectivity index (χ4v) is 5.51. The van der Waals surface area contributed by atoms with Gasteiger partial charge < -0.3 is 4.74 Å². The van der Waals surface area contributed by atoms with Crippen molar-refractivity contribution >= 4 is 19.7 Å². The molecule has 4 nitrogen and oxygen atoms in total. The lowest BCUT2D eigenvalue weighted by molar-refractivity contribution is 0.0984. The summed E-state index contributed by atoms with van der Waals surface area (Å²) >= 11 is 0. The van der Waals surface area contributed by atoms with Gasteiger partial charge in [-0.2, -0.15) is 0 Å². The highest BCUT2D eigenvalue weighted by atomic mass is 28.3. The lowest BCUT2D eigenvalue weighted by Crippen LogP contribution is -2.37. The number of aromatic nitrogens is 1. The standard InChI is InChI=1S/C24H26N2O2Si/c1-28-19-13-11-18(12-14-19)17-22(29(2,3)4)23-20-9-5-6-10-21(20)24(27)26(23)25-15-7-8-16-25/h5-16H,17H2,1-4H3/b23-22+. The molecule has 5 heteroatoms. The first-order valence-corrected chi connectivity index (χ1v) is 13.3. The fourth-order valence-electron chi connectivity index (χ4n) is 3.83. The van der Waals surface area contributed by atoms with Crippen LogP contribution in [0.5, 0.6) is 5.75 Å². The van der Waals surface area contributed by atoms with Crippen LogP contribution in [0, 0.1) is 0 Å². The van der Waals surface area contributed by atoms with E-state index in [0.717, 1.165) is 29.0 Å². The van der Waals surface area contributed by atoms with E-state index < -0.39 is 8.07 Å². The third kappa shape index (κ3) is 3.54. The molecule has 0 aliphatic carbocycles. The van der Waals surface area contributed by atoms with E-state index in [1.54, 1.807) is 7.11 Å². The van der Waals surface area contributed by atoms with Crippen molar-refractivity contribution in [1.29, 1.82) is 0 Å². The molecule has 3 aromatic rings. The van der Waals surface area contributed by atoms with Gasteiger partial charge in [0.2, 0.25) is 0 Å². The number of hydrogen-bond acceptors (Lipinski definition) is 2. The zero-order valence-electron chi connectivity index (χ0n) is 17.3. The van der Waals surface area contributed by atoms with E-state index in [4.69, 9.17) is 4.74 Å². The predicted molar refractivity (Wildman–Crippen MR) is 120 cm³/mol. The Morgan fingerprint density at radius 3 is 2.10 bits per heavy atom. The molecule has 2 heterocycles. The van der Waals surface area contributed by atoms with Crippen molar-refractivity contribution in [3.63, 3.8) is 0 Å². The van der Waals surface area contributed by atoms with Gasteiger partial charge in [-0.1, -0.05) is 55.2 Å². The lowest BCUT2D eigenvalue weighted by atomic mass is 10.1. The molecule has 0 N–H and O–H groups in total. The van der Waals surface area contributed by atoms with E-state index in [9.17, 15) is 4.79 Å². The minimum atomic E-state index is -1.77. The van der Waals surface area contributed by atoms with Crippen LogP contribution in [-0.4, -0.2) is 25.8 Å². The van der Waals surface area contributed by atoms with E-state index in [1.165, 1.54) is 10.8 Å². The van der Waals surface area contributed by atoms with E-state index in [0.29, 0.717) is 0 Å². The lowest BCUT2D eigenvalue weighted by Gasteiger charge is -2.29. The molecule has 1 amide bonds. The van der Waals surface area contributed by atoms with Crippen molar-refractivity contribution in [3.8, 4) is 5.75 Å². The molecule has 0 bridgehead atoms. The van der Waals surface area contributed by atoms with Gasteiger partial charge in [-0.15, -0.1) is 0 Å². The normalized spacial score (nSPS) is 15.4. The van der Waals surface area contributed by atoms with Crippen molar-refractivity contribution in [1.82, 2.24) is 4.68 Å². The molecule has 4 rings (SSSR count). The minimum absolute atomic E-state index is 0.0253. The molecule has 0 fully saturated rings. The van der Waals surface area contributed by atoms with Crippen LogP contribution < -0.4 is 9.75 Å². The Bertz CT molecular complexity index is 1060. The second-order valence-electron chi connectivity index (χ2n) is 8.33. The summed E-state index contributed by atoms with van der Waals surface area (Å²) in [5.74, 6) is 0.878. The van der Waals surface area contributed by atoms with Crippen LogP contribution in [0.1, 0.15) is 21.5 Å². The second-order valence-corrected chi connectivity index (χ2v) is 13.4. The molecule has 0 saturated heterocycles. The van der Waals surface area contributed by atoms with Gasteiger partial charge >= 0.3 is 0 Å². The molecule has 29 heavy (non-hydrogen) atoms. The molecule has 2 aromatic carbocycles. The molecule has 1 aliphatic heterocycles. The Labute approximate surface area is 173 Å². The van der Waals surface area contributed by atoms with Crippen molar-refractivity contribution in [2.75, 3.05) is 12.1 Å². The van der Waals surface area contributed by atoms with Crippen LogP contribution in [0.4, 0.5) is 0 Å². The maximum absolute atomic E-state index is 13.3.